The first-order valence-electron chi connectivity index (χ1n) is 7.83. The van der Waals surface area contributed by atoms with Crippen molar-refractivity contribution in [1.29, 1.82) is 0 Å². The number of hydrogen-bond donors (Lipinski definition) is 1. The summed E-state index contributed by atoms with van der Waals surface area (Å²) < 4.78 is 6.02. The van der Waals surface area contributed by atoms with Gasteiger partial charge in [-0.1, -0.05) is 18.2 Å². The highest BCUT2D eigenvalue weighted by Crippen LogP contribution is 2.24. The van der Waals surface area contributed by atoms with Crippen LogP contribution in [0.25, 0.3) is 11.0 Å². The molecule has 2 aromatic rings. The van der Waals surface area contributed by atoms with Gasteiger partial charge in [0.25, 0.3) is 0 Å². The van der Waals surface area contributed by atoms with Crippen LogP contribution in [0.5, 0.6) is 0 Å². The van der Waals surface area contributed by atoms with Gasteiger partial charge in [-0.2, -0.15) is 0 Å². The van der Waals surface area contributed by atoms with E-state index < -0.39 is 0 Å². The van der Waals surface area contributed by atoms with E-state index in [1.54, 1.807) is 0 Å². The van der Waals surface area contributed by atoms with E-state index in [0.717, 1.165) is 31.0 Å². The molecule has 0 aliphatic carbocycles. The van der Waals surface area contributed by atoms with Gasteiger partial charge in [0, 0.05) is 25.0 Å². The molecule has 2 heterocycles. The topological polar surface area (TPSA) is 31.6 Å². The number of furan rings is 1. The molecule has 3 rings (SSSR count). The van der Waals surface area contributed by atoms with Crippen molar-refractivity contribution in [3.8, 4) is 0 Å². The molecule has 1 aromatic carbocycles. The van der Waals surface area contributed by atoms with E-state index in [-0.39, 0.29) is 6.04 Å². The summed E-state index contributed by atoms with van der Waals surface area (Å²) in [5, 5.41) is 4.59. The normalized spacial score (nSPS) is 19.7. The number of para-hydroxylation sites is 1. The average Bonchev–Trinajstić information content (AvgIpc) is 2.82. The summed E-state index contributed by atoms with van der Waals surface area (Å²) >= 11 is 0. The molecule has 1 saturated heterocycles. The van der Waals surface area contributed by atoms with Crippen molar-refractivity contribution in [2.24, 2.45) is 0 Å². The van der Waals surface area contributed by atoms with Gasteiger partial charge in [-0.05, 0) is 45.7 Å². The summed E-state index contributed by atoms with van der Waals surface area (Å²) in [5.41, 5.74) is 0.975. The monoisotopic (exact) mass is 287 g/mol. The third-order valence-electron chi connectivity index (χ3n) is 4.39. The number of likely N-dealkylation sites (N-methyl/N-ethyl adjacent to an activating group) is 2. The fourth-order valence-corrected chi connectivity index (χ4v) is 3.04. The molecular weight excluding hydrogens is 262 g/mol. The maximum Gasteiger partial charge on any atom is 0.134 e. The van der Waals surface area contributed by atoms with Crippen molar-refractivity contribution in [1.82, 2.24) is 15.1 Å². The third-order valence-corrected chi connectivity index (χ3v) is 4.39. The highest BCUT2D eigenvalue weighted by atomic mass is 16.3. The fourth-order valence-electron chi connectivity index (χ4n) is 3.04. The van der Waals surface area contributed by atoms with Gasteiger partial charge in [0.2, 0.25) is 0 Å². The quantitative estimate of drug-likeness (QED) is 0.935. The molecule has 1 aliphatic heterocycles. The number of nitrogens with one attached hydrogen (secondary N) is 1. The van der Waals surface area contributed by atoms with E-state index >= 15 is 0 Å². The first-order chi connectivity index (χ1) is 10.3. The Balaban J connectivity index is 1.72. The minimum absolute atomic E-state index is 0.251. The predicted octanol–water partition coefficient (Wildman–Crippen LogP) is 2.33. The standard InChI is InChI=1S/C17H25N3O/c1-18-15(13-20-9-5-8-19(2)10-11-20)17-12-14-6-3-4-7-16(14)21-17/h3-4,6-7,12,15,18H,5,8-11,13H2,1-2H3. The van der Waals surface area contributed by atoms with Gasteiger partial charge in [-0.25, -0.2) is 0 Å². The van der Waals surface area contributed by atoms with Crippen LogP contribution in [-0.4, -0.2) is 56.6 Å². The van der Waals surface area contributed by atoms with Gasteiger partial charge in [0.05, 0.1) is 6.04 Å². The zero-order valence-electron chi connectivity index (χ0n) is 13.0. The fraction of sp³-hybridized carbons (Fsp3) is 0.529. The second-order valence-corrected chi connectivity index (χ2v) is 5.99. The first kappa shape index (κ1) is 14.6. The Morgan fingerprint density at radius 1 is 1.19 bits per heavy atom. The second-order valence-electron chi connectivity index (χ2n) is 5.99. The van der Waals surface area contributed by atoms with Crippen LogP contribution < -0.4 is 5.32 Å². The summed E-state index contributed by atoms with van der Waals surface area (Å²) in [4.78, 5) is 4.95. The molecule has 1 atom stereocenters. The Morgan fingerprint density at radius 3 is 2.86 bits per heavy atom. The Morgan fingerprint density at radius 2 is 2.05 bits per heavy atom. The zero-order valence-corrected chi connectivity index (χ0v) is 13.0. The number of fused-ring (bicyclic) bond motifs is 1. The van der Waals surface area contributed by atoms with Crippen molar-refractivity contribution >= 4 is 11.0 Å². The lowest BCUT2D eigenvalue weighted by atomic mass is 10.2. The first-order valence-corrected chi connectivity index (χ1v) is 7.83. The SMILES string of the molecule is CNC(CN1CCCN(C)CC1)c1cc2ccccc2o1. The lowest BCUT2D eigenvalue weighted by Crippen LogP contribution is -2.36. The summed E-state index contributed by atoms with van der Waals surface area (Å²) in [6, 6.07) is 10.6. The van der Waals surface area contributed by atoms with Gasteiger partial charge in [-0.3, -0.25) is 0 Å². The van der Waals surface area contributed by atoms with Crippen molar-refractivity contribution in [2.75, 3.05) is 46.8 Å². The number of hydrogen-bond acceptors (Lipinski definition) is 4. The van der Waals surface area contributed by atoms with E-state index in [1.165, 1.54) is 24.9 Å². The summed E-state index contributed by atoms with van der Waals surface area (Å²) in [6.07, 6.45) is 1.24. The van der Waals surface area contributed by atoms with Crippen molar-refractivity contribution < 1.29 is 4.42 Å². The second kappa shape index (κ2) is 6.60. The lowest BCUT2D eigenvalue weighted by molar-refractivity contribution is 0.240. The van der Waals surface area contributed by atoms with Crippen LogP contribution in [0.3, 0.4) is 0 Å². The molecule has 1 aromatic heterocycles. The maximum absolute atomic E-state index is 6.02. The van der Waals surface area contributed by atoms with Crippen LogP contribution in [0, 0.1) is 0 Å². The number of benzene rings is 1. The van der Waals surface area contributed by atoms with Crippen LogP contribution in [0.1, 0.15) is 18.2 Å². The van der Waals surface area contributed by atoms with E-state index in [9.17, 15) is 0 Å². The molecule has 1 unspecified atom stereocenters. The predicted molar refractivity (Wildman–Crippen MR) is 86.6 cm³/mol. The molecule has 1 fully saturated rings. The van der Waals surface area contributed by atoms with Gasteiger partial charge >= 0.3 is 0 Å². The van der Waals surface area contributed by atoms with Gasteiger partial charge in [0.15, 0.2) is 0 Å². The Labute approximate surface area is 126 Å². The summed E-state index contributed by atoms with van der Waals surface area (Å²) in [6.45, 7) is 5.66. The molecule has 0 bridgehead atoms. The van der Waals surface area contributed by atoms with Crippen LogP contribution in [0.15, 0.2) is 34.7 Å². The average molecular weight is 287 g/mol. The molecule has 114 valence electrons. The molecule has 0 amide bonds. The molecule has 1 N–H and O–H groups in total. The summed E-state index contributed by atoms with van der Waals surface area (Å²) in [5.74, 6) is 1.04. The van der Waals surface area contributed by atoms with Crippen molar-refractivity contribution in [2.45, 2.75) is 12.5 Å². The van der Waals surface area contributed by atoms with Crippen LogP contribution >= 0.6 is 0 Å². The molecule has 21 heavy (non-hydrogen) atoms. The molecule has 4 heteroatoms. The Hall–Kier alpha value is -1.36. The van der Waals surface area contributed by atoms with Gasteiger partial charge < -0.3 is 19.5 Å². The molecular formula is C17H25N3O. The number of nitrogens with zero attached hydrogens (tertiary/aromatic N) is 2. The Kier molecular flexibility index (Phi) is 4.58. The summed E-state index contributed by atoms with van der Waals surface area (Å²) in [7, 11) is 4.22. The molecule has 0 radical (unpaired) electrons. The highest BCUT2D eigenvalue weighted by molar-refractivity contribution is 5.77. The van der Waals surface area contributed by atoms with E-state index in [0.29, 0.717) is 0 Å². The highest BCUT2D eigenvalue weighted by Gasteiger charge is 2.20. The largest absolute Gasteiger partial charge is 0.459 e. The Bertz CT molecular complexity index is 547. The number of rotatable bonds is 4. The van der Waals surface area contributed by atoms with E-state index in [4.69, 9.17) is 4.42 Å². The third kappa shape index (κ3) is 3.46. The molecule has 0 saturated carbocycles. The lowest BCUT2D eigenvalue weighted by Gasteiger charge is -2.24. The van der Waals surface area contributed by atoms with E-state index in [1.807, 2.05) is 19.2 Å². The van der Waals surface area contributed by atoms with Crippen molar-refractivity contribution in [3.05, 3.63) is 36.1 Å². The molecule has 0 spiro atoms. The maximum atomic E-state index is 6.02. The minimum Gasteiger partial charge on any atom is -0.459 e. The van der Waals surface area contributed by atoms with Crippen LogP contribution in [0.4, 0.5) is 0 Å². The molecule has 1 aliphatic rings. The van der Waals surface area contributed by atoms with Gasteiger partial charge in [0.1, 0.15) is 11.3 Å². The van der Waals surface area contributed by atoms with Crippen LogP contribution in [-0.2, 0) is 0 Å². The smallest absolute Gasteiger partial charge is 0.134 e. The van der Waals surface area contributed by atoms with Crippen LogP contribution in [0.2, 0.25) is 0 Å². The minimum atomic E-state index is 0.251. The van der Waals surface area contributed by atoms with E-state index in [2.05, 4.69) is 40.4 Å². The zero-order chi connectivity index (χ0) is 14.7. The van der Waals surface area contributed by atoms with Crippen molar-refractivity contribution in [3.63, 3.8) is 0 Å². The van der Waals surface area contributed by atoms with Gasteiger partial charge in [-0.15, -0.1) is 0 Å². The molecule has 4 nitrogen and oxygen atoms in total.